The lowest BCUT2D eigenvalue weighted by Crippen LogP contribution is -2.62. The smallest absolute Gasteiger partial charge is 0.407 e. The van der Waals surface area contributed by atoms with Gasteiger partial charge in [0.15, 0.2) is 0 Å². The number of hydroxylamine groups is 2. The quantitative estimate of drug-likeness (QED) is 0.125. The molecule has 4 fully saturated rings. The van der Waals surface area contributed by atoms with Gasteiger partial charge in [0, 0.05) is 68.2 Å². The lowest BCUT2D eigenvalue weighted by Gasteiger charge is -2.62. The fraction of sp³-hybridized carbons (Fsp3) is 0.580. The standard InChI is InChI=1S/C50H73N7O7/c1-31-41-26-37(50(41,3)4)27-42(31)53-48(60)45-44(32(2)63-49(61)51-20-21-54(5)6)43(30-58)64-57(45)28-34-18-15-19-40(46(34)62-11)35-23-36(25-39(24-35)56(9)10)47(59)52-38(29-55(7)8)22-33-16-13-12-14-17-33/h12-19,23-25,31-32,37-38,41-45,58H,20-22,26-30H2,1-11H3,(H,51,61)(H,52,59)(H,53,60)/t31-,32-,37-,38-,41+,42-,43-,44+,45-/m0/s1. The van der Waals surface area contributed by atoms with Crippen molar-refractivity contribution in [1.29, 1.82) is 0 Å². The summed E-state index contributed by atoms with van der Waals surface area (Å²) in [4.78, 5) is 54.5. The van der Waals surface area contributed by atoms with Crippen molar-refractivity contribution < 1.29 is 33.8 Å². The normalized spacial score (nSPS) is 24.7. The van der Waals surface area contributed by atoms with E-state index >= 15 is 0 Å². The molecule has 1 saturated heterocycles. The van der Waals surface area contributed by atoms with Gasteiger partial charge < -0.3 is 45.2 Å². The minimum atomic E-state index is -0.910. The molecule has 0 unspecified atom stereocenters. The zero-order valence-electron chi connectivity index (χ0n) is 39.9. The fourth-order valence-corrected chi connectivity index (χ4v) is 10.4. The molecule has 3 amide bonds. The number of rotatable bonds is 19. The molecule has 14 nitrogen and oxygen atoms in total. The van der Waals surface area contributed by atoms with E-state index < -0.39 is 30.3 Å². The second-order valence-electron chi connectivity index (χ2n) is 19.6. The Balaban J connectivity index is 1.30. The first kappa shape index (κ1) is 48.7. The number of nitrogens with one attached hydrogen (secondary N) is 3. The van der Waals surface area contributed by atoms with E-state index in [4.69, 9.17) is 14.3 Å². The SMILES string of the molecule is COc1c(CN2O[C@@H](CO)[C@@H]([C@H](C)OC(=O)NCCN(C)C)[C@H]2C(=O)N[C@H]2C[C@@H]3C[C@H]([C@@H]2C)C3(C)C)cccc1-c1cc(C(=O)N[C@@H](Cc2ccccc2)CN(C)C)cc(N(C)C)c1. The van der Waals surface area contributed by atoms with Crippen molar-refractivity contribution in [3.8, 4) is 16.9 Å². The molecule has 3 aromatic carbocycles. The number of para-hydroxylation sites is 1. The molecule has 0 aromatic heterocycles. The number of methoxy groups -OCH3 is 1. The van der Waals surface area contributed by atoms with Gasteiger partial charge in [-0.05, 0) is 107 Å². The summed E-state index contributed by atoms with van der Waals surface area (Å²) in [5, 5.41) is 21.9. The van der Waals surface area contributed by atoms with Gasteiger partial charge in [0.2, 0.25) is 5.91 Å². The first-order valence-corrected chi connectivity index (χ1v) is 22.8. The third-order valence-electron chi connectivity index (χ3n) is 14.0. The molecule has 3 aromatic rings. The van der Waals surface area contributed by atoms with Crippen molar-refractivity contribution in [2.24, 2.45) is 29.1 Å². The molecule has 9 atom stereocenters. The number of hydrogen-bond donors (Lipinski definition) is 4. The highest BCUT2D eigenvalue weighted by molar-refractivity contribution is 5.97. The van der Waals surface area contributed by atoms with E-state index in [-0.39, 0.29) is 48.4 Å². The second kappa shape index (κ2) is 21.1. The van der Waals surface area contributed by atoms with Crippen LogP contribution in [0.2, 0.25) is 0 Å². The highest BCUT2D eigenvalue weighted by Gasteiger charge is 2.57. The highest BCUT2D eigenvalue weighted by atomic mass is 16.7. The molecular weight excluding hydrogens is 811 g/mol. The maximum Gasteiger partial charge on any atom is 0.407 e. The summed E-state index contributed by atoms with van der Waals surface area (Å²) in [6, 6.07) is 20.7. The molecule has 4 aliphatic rings. The number of nitrogens with zero attached hydrogens (tertiary/aromatic N) is 4. The number of aliphatic hydroxyl groups is 1. The molecule has 1 aliphatic heterocycles. The van der Waals surface area contributed by atoms with Crippen LogP contribution in [0.4, 0.5) is 10.5 Å². The summed E-state index contributed by atoms with van der Waals surface area (Å²) in [6.07, 6.45) is 0.534. The number of fused-ring (bicyclic) bond motifs is 2. The van der Waals surface area contributed by atoms with Crippen LogP contribution >= 0.6 is 0 Å². The first-order chi connectivity index (χ1) is 30.4. The van der Waals surface area contributed by atoms with Crippen LogP contribution in [-0.4, -0.2) is 144 Å². The van der Waals surface area contributed by atoms with Gasteiger partial charge in [0.25, 0.3) is 5.91 Å². The number of likely N-dealkylation sites (N-methyl/N-ethyl adjacent to an activating group) is 2. The lowest BCUT2D eigenvalue weighted by atomic mass is 9.45. The zero-order chi connectivity index (χ0) is 46.5. The van der Waals surface area contributed by atoms with Crippen LogP contribution in [0.25, 0.3) is 11.1 Å². The number of alkyl carbamates (subject to hydrolysis) is 1. The Labute approximate surface area is 380 Å². The maximum absolute atomic E-state index is 14.8. The molecule has 7 rings (SSSR count). The Morgan fingerprint density at radius 3 is 2.33 bits per heavy atom. The average Bonchev–Trinajstić information content (AvgIpc) is 3.62. The Bertz CT molecular complexity index is 2060. The number of carbonyl (C=O) groups is 3. The third-order valence-corrected chi connectivity index (χ3v) is 14.0. The summed E-state index contributed by atoms with van der Waals surface area (Å²) in [5.41, 5.74) is 5.00. The van der Waals surface area contributed by atoms with Gasteiger partial charge in [-0.1, -0.05) is 69.3 Å². The van der Waals surface area contributed by atoms with Gasteiger partial charge in [-0.25, -0.2) is 4.79 Å². The van der Waals surface area contributed by atoms with Crippen molar-refractivity contribution in [3.63, 3.8) is 0 Å². The summed E-state index contributed by atoms with van der Waals surface area (Å²) in [7, 11) is 13.3. The van der Waals surface area contributed by atoms with Crippen LogP contribution in [0.15, 0.2) is 66.7 Å². The molecule has 350 valence electrons. The van der Waals surface area contributed by atoms with Crippen molar-refractivity contribution in [3.05, 3.63) is 83.4 Å². The Kier molecular flexibility index (Phi) is 16.0. The van der Waals surface area contributed by atoms with E-state index in [0.29, 0.717) is 49.2 Å². The Morgan fingerprint density at radius 2 is 1.70 bits per heavy atom. The van der Waals surface area contributed by atoms with Crippen molar-refractivity contribution in [2.45, 2.75) is 83.8 Å². The van der Waals surface area contributed by atoms with E-state index in [1.165, 1.54) is 6.42 Å². The lowest BCUT2D eigenvalue weighted by molar-refractivity contribution is -0.183. The molecule has 64 heavy (non-hydrogen) atoms. The van der Waals surface area contributed by atoms with E-state index in [9.17, 15) is 19.5 Å². The van der Waals surface area contributed by atoms with Gasteiger partial charge in [-0.3, -0.25) is 14.4 Å². The average molecular weight is 884 g/mol. The van der Waals surface area contributed by atoms with Crippen LogP contribution in [0.1, 0.15) is 62.0 Å². The predicted molar refractivity (Wildman–Crippen MR) is 251 cm³/mol. The number of amides is 3. The number of benzene rings is 3. The Morgan fingerprint density at radius 1 is 0.969 bits per heavy atom. The van der Waals surface area contributed by atoms with Crippen LogP contribution in [-0.2, 0) is 27.3 Å². The number of hydrogen-bond acceptors (Lipinski definition) is 11. The Hall–Kier alpha value is -4.73. The predicted octanol–water partition coefficient (Wildman–Crippen LogP) is 5.29. The van der Waals surface area contributed by atoms with Crippen LogP contribution in [0.3, 0.4) is 0 Å². The molecule has 14 heteroatoms. The van der Waals surface area contributed by atoms with E-state index in [1.54, 1.807) is 19.1 Å². The largest absolute Gasteiger partial charge is 0.496 e. The number of anilines is 1. The van der Waals surface area contributed by atoms with Gasteiger partial charge in [-0.15, -0.1) is 0 Å². The van der Waals surface area contributed by atoms with Gasteiger partial charge >= 0.3 is 6.09 Å². The maximum atomic E-state index is 14.8. The summed E-state index contributed by atoms with van der Waals surface area (Å²) in [5.74, 6) is 0.775. The van der Waals surface area contributed by atoms with Crippen molar-refractivity contribution in [2.75, 3.05) is 80.5 Å². The molecule has 3 aliphatic carbocycles. The molecule has 1 heterocycles. The third kappa shape index (κ3) is 11.2. The monoisotopic (exact) mass is 884 g/mol. The van der Waals surface area contributed by atoms with Crippen LogP contribution < -0.4 is 25.6 Å². The second-order valence-corrected chi connectivity index (χ2v) is 19.6. The molecule has 0 spiro atoms. The minimum Gasteiger partial charge on any atom is -0.496 e. The summed E-state index contributed by atoms with van der Waals surface area (Å²) >= 11 is 0. The zero-order valence-corrected chi connectivity index (χ0v) is 39.9. The summed E-state index contributed by atoms with van der Waals surface area (Å²) in [6.45, 7) is 10.1. The van der Waals surface area contributed by atoms with Gasteiger partial charge in [-0.2, -0.15) is 5.06 Å². The van der Waals surface area contributed by atoms with Gasteiger partial charge in [0.1, 0.15) is 24.0 Å². The van der Waals surface area contributed by atoms with E-state index in [2.05, 4.69) is 53.8 Å². The van der Waals surface area contributed by atoms with E-state index in [0.717, 1.165) is 34.4 Å². The molecule has 0 radical (unpaired) electrons. The molecular formula is C50H73N7O7. The topological polar surface area (TPSA) is 148 Å². The summed E-state index contributed by atoms with van der Waals surface area (Å²) < 4.78 is 12.1. The van der Waals surface area contributed by atoms with Crippen molar-refractivity contribution in [1.82, 2.24) is 30.8 Å². The number of carbonyl (C=O) groups excluding carboxylic acids is 3. The molecule has 3 saturated carbocycles. The minimum absolute atomic E-state index is 0.0183. The molecule has 4 N–H and O–H groups in total. The van der Waals surface area contributed by atoms with E-state index in [1.807, 2.05) is 107 Å². The molecule has 2 bridgehead atoms. The number of ether oxygens (including phenoxy) is 2. The van der Waals surface area contributed by atoms with Crippen LogP contribution in [0, 0.1) is 29.1 Å². The first-order valence-electron chi connectivity index (χ1n) is 22.8. The van der Waals surface area contributed by atoms with Crippen molar-refractivity contribution >= 4 is 23.6 Å². The highest BCUT2D eigenvalue weighted by Crippen LogP contribution is 2.61. The fourth-order valence-electron chi connectivity index (χ4n) is 10.4. The number of aliphatic hydroxyl groups excluding tert-OH is 1. The van der Waals surface area contributed by atoms with Crippen LogP contribution in [0.5, 0.6) is 5.75 Å². The van der Waals surface area contributed by atoms with Gasteiger partial charge in [0.05, 0.1) is 26.2 Å².